The van der Waals surface area contributed by atoms with Crippen molar-refractivity contribution in [2.24, 2.45) is 0 Å². The van der Waals surface area contributed by atoms with E-state index in [2.05, 4.69) is 10.4 Å². The van der Waals surface area contributed by atoms with Gasteiger partial charge in [-0.3, -0.25) is 9.48 Å². The van der Waals surface area contributed by atoms with E-state index in [0.717, 1.165) is 5.56 Å². The highest BCUT2D eigenvalue weighted by molar-refractivity contribution is 5.76. The third-order valence-corrected chi connectivity index (χ3v) is 3.56. The summed E-state index contributed by atoms with van der Waals surface area (Å²) in [7, 11) is 1.61. The zero-order valence-electron chi connectivity index (χ0n) is 14.7. The van der Waals surface area contributed by atoms with Crippen molar-refractivity contribution in [3.8, 4) is 11.5 Å². The lowest BCUT2D eigenvalue weighted by molar-refractivity contribution is -0.122. The fourth-order valence-electron chi connectivity index (χ4n) is 2.35. The summed E-state index contributed by atoms with van der Waals surface area (Å²) >= 11 is 0. The number of hydrogen-bond donors (Lipinski definition) is 1. The molecule has 1 atom stereocenters. The first-order chi connectivity index (χ1) is 11.5. The van der Waals surface area contributed by atoms with Gasteiger partial charge >= 0.3 is 0 Å². The maximum atomic E-state index is 12.1. The van der Waals surface area contributed by atoms with Crippen LogP contribution in [-0.4, -0.2) is 28.9 Å². The summed E-state index contributed by atoms with van der Waals surface area (Å²) in [6, 6.07) is 7.44. The molecule has 6 nitrogen and oxygen atoms in total. The minimum atomic E-state index is -0.114. The summed E-state index contributed by atoms with van der Waals surface area (Å²) in [6.45, 7) is 6.45. The van der Waals surface area contributed by atoms with Crippen molar-refractivity contribution in [3.63, 3.8) is 0 Å². The number of rotatable bonds is 8. The Morgan fingerprint density at radius 3 is 2.71 bits per heavy atom. The standard InChI is InChI=1S/C18H25N3O3/c1-13(2)24-16-7-6-15(12-17(16)23-4)14(3)20-18(22)8-11-21-10-5-9-19-21/h5-7,9-10,12-14H,8,11H2,1-4H3,(H,20,22). The number of aromatic nitrogens is 2. The molecular weight excluding hydrogens is 306 g/mol. The Kier molecular flexibility index (Phi) is 6.23. The number of benzene rings is 1. The first-order valence-corrected chi connectivity index (χ1v) is 8.11. The van der Waals surface area contributed by atoms with Gasteiger partial charge in [0.2, 0.25) is 5.91 Å². The normalized spacial score (nSPS) is 12.0. The number of carbonyl (C=O) groups excluding carboxylic acids is 1. The molecule has 1 unspecified atom stereocenters. The monoisotopic (exact) mass is 331 g/mol. The lowest BCUT2D eigenvalue weighted by atomic mass is 10.1. The molecule has 24 heavy (non-hydrogen) atoms. The Labute approximate surface area is 142 Å². The molecule has 0 saturated heterocycles. The zero-order valence-corrected chi connectivity index (χ0v) is 14.7. The Hall–Kier alpha value is -2.50. The van der Waals surface area contributed by atoms with E-state index in [-0.39, 0.29) is 18.1 Å². The molecule has 0 aliphatic rings. The molecular formula is C18H25N3O3. The zero-order chi connectivity index (χ0) is 17.5. The number of nitrogens with zero attached hydrogens (tertiary/aromatic N) is 2. The highest BCUT2D eigenvalue weighted by Gasteiger charge is 2.13. The molecule has 2 aromatic rings. The SMILES string of the molecule is COc1cc(C(C)NC(=O)CCn2cccn2)ccc1OC(C)C. The van der Waals surface area contributed by atoms with Crippen LogP contribution in [0.15, 0.2) is 36.7 Å². The van der Waals surface area contributed by atoms with Crippen LogP contribution >= 0.6 is 0 Å². The van der Waals surface area contributed by atoms with Gasteiger partial charge in [0.15, 0.2) is 11.5 Å². The summed E-state index contributed by atoms with van der Waals surface area (Å²) in [5, 5.41) is 7.08. The van der Waals surface area contributed by atoms with Crippen LogP contribution in [0.5, 0.6) is 11.5 Å². The van der Waals surface area contributed by atoms with E-state index in [9.17, 15) is 4.79 Å². The smallest absolute Gasteiger partial charge is 0.222 e. The maximum absolute atomic E-state index is 12.1. The van der Waals surface area contributed by atoms with Gasteiger partial charge < -0.3 is 14.8 Å². The van der Waals surface area contributed by atoms with E-state index in [1.165, 1.54) is 0 Å². The molecule has 0 aliphatic heterocycles. The van der Waals surface area contributed by atoms with Gasteiger partial charge in [0.05, 0.1) is 19.3 Å². The predicted octanol–water partition coefficient (Wildman–Crippen LogP) is 2.95. The average molecular weight is 331 g/mol. The highest BCUT2D eigenvalue weighted by atomic mass is 16.5. The van der Waals surface area contributed by atoms with Crippen LogP contribution in [0, 0.1) is 0 Å². The second-order valence-electron chi connectivity index (χ2n) is 5.89. The van der Waals surface area contributed by atoms with Crippen molar-refractivity contribution in [1.29, 1.82) is 0 Å². The molecule has 1 N–H and O–H groups in total. The molecule has 0 aliphatic carbocycles. The van der Waals surface area contributed by atoms with Crippen LogP contribution in [0.4, 0.5) is 0 Å². The fourth-order valence-corrected chi connectivity index (χ4v) is 2.35. The number of carbonyl (C=O) groups is 1. The van der Waals surface area contributed by atoms with Gasteiger partial charge in [-0.15, -0.1) is 0 Å². The maximum Gasteiger partial charge on any atom is 0.222 e. The number of hydrogen-bond acceptors (Lipinski definition) is 4. The molecule has 1 aromatic heterocycles. The second-order valence-corrected chi connectivity index (χ2v) is 5.89. The van der Waals surface area contributed by atoms with E-state index in [0.29, 0.717) is 24.5 Å². The van der Waals surface area contributed by atoms with Gasteiger partial charge in [-0.25, -0.2) is 0 Å². The van der Waals surface area contributed by atoms with E-state index in [1.807, 2.05) is 51.2 Å². The molecule has 1 amide bonds. The number of amides is 1. The molecule has 130 valence electrons. The molecule has 1 aromatic carbocycles. The number of aryl methyl sites for hydroxylation is 1. The number of nitrogens with one attached hydrogen (secondary N) is 1. The van der Waals surface area contributed by atoms with E-state index in [4.69, 9.17) is 9.47 Å². The Morgan fingerprint density at radius 2 is 2.08 bits per heavy atom. The van der Waals surface area contributed by atoms with Crippen LogP contribution in [-0.2, 0) is 11.3 Å². The van der Waals surface area contributed by atoms with E-state index in [1.54, 1.807) is 18.0 Å². The van der Waals surface area contributed by atoms with Crippen molar-refractivity contribution >= 4 is 5.91 Å². The summed E-state index contributed by atoms with van der Waals surface area (Å²) in [4.78, 5) is 12.1. The van der Waals surface area contributed by atoms with Crippen molar-refractivity contribution in [2.75, 3.05) is 7.11 Å². The van der Waals surface area contributed by atoms with Crippen LogP contribution in [0.1, 0.15) is 38.8 Å². The molecule has 0 fully saturated rings. The van der Waals surface area contributed by atoms with Gasteiger partial charge in [0.1, 0.15) is 0 Å². The second kappa shape index (κ2) is 8.38. The molecule has 6 heteroatoms. The number of ether oxygens (including phenoxy) is 2. The van der Waals surface area contributed by atoms with Crippen molar-refractivity contribution in [3.05, 3.63) is 42.2 Å². The van der Waals surface area contributed by atoms with Gasteiger partial charge in [-0.2, -0.15) is 5.10 Å². The van der Waals surface area contributed by atoms with Crippen molar-refractivity contribution in [2.45, 2.75) is 45.9 Å². The first kappa shape index (κ1) is 17.8. The van der Waals surface area contributed by atoms with Gasteiger partial charge in [-0.05, 0) is 44.5 Å². The lowest BCUT2D eigenvalue weighted by Crippen LogP contribution is -2.27. The molecule has 2 rings (SSSR count). The Morgan fingerprint density at radius 1 is 1.29 bits per heavy atom. The third kappa shape index (κ3) is 5.01. The minimum absolute atomic E-state index is 0.0144. The first-order valence-electron chi connectivity index (χ1n) is 8.11. The van der Waals surface area contributed by atoms with Crippen molar-refractivity contribution in [1.82, 2.24) is 15.1 Å². The Bertz CT molecular complexity index is 654. The predicted molar refractivity (Wildman–Crippen MR) is 92.2 cm³/mol. The fraction of sp³-hybridized carbons (Fsp3) is 0.444. The average Bonchev–Trinajstić information content (AvgIpc) is 3.06. The summed E-state index contributed by atoms with van der Waals surface area (Å²) in [5.41, 5.74) is 0.968. The molecule has 0 radical (unpaired) electrons. The molecule has 0 bridgehead atoms. The highest BCUT2D eigenvalue weighted by Crippen LogP contribution is 2.31. The topological polar surface area (TPSA) is 65.4 Å². The minimum Gasteiger partial charge on any atom is -0.493 e. The van der Waals surface area contributed by atoms with Crippen LogP contribution in [0.25, 0.3) is 0 Å². The Balaban J connectivity index is 1.95. The number of methoxy groups -OCH3 is 1. The van der Waals surface area contributed by atoms with Gasteiger partial charge in [0, 0.05) is 25.4 Å². The summed E-state index contributed by atoms with van der Waals surface area (Å²) < 4.78 is 12.8. The lowest BCUT2D eigenvalue weighted by Gasteiger charge is -2.18. The largest absolute Gasteiger partial charge is 0.493 e. The van der Waals surface area contributed by atoms with E-state index < -0.39 is 0 Å². The van der Waals surface area contributed by atoms with Gasteiger partial charge in [0.25, 0.3) is 0 Å². The summed E-state index contributed by atoms with van der Waals surface area (Å²) in [6.07, 6.45) is 4.00. The van der Waals surface area contributed by atoms with E-state index >= 15 is 0 Å². The van der Waals surface area contributed by atoms with Crippen LogP contribution in [0.3, 0.4) is 0 Å². The quantitative estimate of drug-likeness (QED) is 0.808. The van der Waals surface area contributed by atoms with Crippen LogP contribution in [0.2, 0.25) is 0 Å². The summed E-state index contributed by atoms with van der Waals surface area (Å²) in [5.74, 6) is 1.35. The molecule has 0 spiro atoms. The van der Waals surface area contributed by atoms with Crippen LogP contribution < -0.4 is 14.8 Å². The molecule has 0 saturated carbocycles. The van der Waals surface area contributed by atoms with Crippen molar-refractivity contribution < 1.29 is 14.3 Å². The molecule has 1 heterocycles. The third-order valence-electron chi connectivity index (χ3n) is 3.56. The van der Waals surface area contributed by atoms with Gasteiger partial charge in [-0.1, -0.05) is 6.07 Å².